The maximum atomic E-state index is 14.6. The predicted molar refractivity (Wildman–Crippen MR) is 153 cm³/mol. The predicted octanol–water partition coefficient (Wildman–Crippen LogP) is 4.44. The first-order valence-corrected chi connectivity index (χ1v) is 13.7. The van der Waals surface area contributed by atoms with Gasteiger partial charge in [0.15, 0.2) is 6.61 Å². The van der Waals surface area contributed by atoms with Crippen molar-refractivity contribution in [1.29, 1.82) is 0 Å². The molecule has 0 aliphatic carbocycles. The smallest absolute Gasteiger partial charge is 0.384 e. The highest BCUT2D eigenvalue weighted by atomic mass is 35.5. The third-order valence-corrected chi connectivity index (χ3v) is 8.32. The number of ether oxygens (including phenoxy) is 1. The monoisotopic (exact) mass is 565 g/mol. The zero-order chi connectivity index (χ0) is 29.0. The second-order valence-electron chi connectivity index (χ2n) is 12.0. The number of Topliss-reactive ketones (excluding diaryl/α,β-unsaturated/α-hetero) is 1. The topological polar surface area (TPSA) is 113 Å². The van der Waals surface area contributed by atoms with Crippen LogP contribution in [0, 0.1) is 11.3 Å². The Morgan fingerprint density at radius 2 is 1.80 bits per heavy atom. The van der Waals surface area contributed by atoms with E-state index in [1.807, 2.05) is 63.2 Å². The van der Waals surface area contributed by atoms with Crippen LogP contribution in [-0.4, -0.2) is 59.3 Å². The van der Waals surface area contributed by atoms with E-state index < -0.39 is 58.0 Å². The van der Waals surface area contributed by atoms with Gasteiger partial charge in [0.25, 0.3) is 5.66 Å². The van der Waals surface area contributed by atoms with E-state index in [4.69, 9.17) is 16.3 Å². The highest BCUT2D eigenvalue weighted by Crippen LogP contribution is 2.50. The summed E-state index contributed by atoms with van der Waals surface area (Å²) in [6.07, 6.45) is -2.05. The summed E-state index contributed by atoms with van der Waals surface area (Å²) in [5.74, 6) is -3.85. The fourth-order valence-electron chi connectivity index (χ4n) is 6.78. The molecular weight excluding hydrogens is 532 g/mol. The van der Waals surface area contributed by atoms with Crippen LogP contribution in [0.15, 0.2) is 60.7 Å². The van der Waals surface area contributed by atoms with Crippen molar-refractivity contribution in [3.05, 3.63) is 76.8 Å². The Balaban J connectivity index is 1.89. The van der Waals surface area contributed by atoms with Gasteiger partial charge in [-0.05, 0) is 35.4 Å². The molecule has 210 valence electrons. The SMILES string of the molecule is CC(=O)C1[C@@H](O)CN[C@]1(C(=O)O)[N+]1(CC(C)(C)C)C(=O)COC(c2cccc3ccccc23)c2cc(Cl)ccc21. The van der Waals surface area contributed by atoms with Gasteiger partial charge in [0.2, 0.25) is 0 Å². The third-order valence-electron chi connectivity index (χ3n) is 8.08. The van der Waals surface area contributed by atoms with Crippen molar-refractivity contribution in [2.75, 3.05) is 19.7 Å². The number of ketones is 1. The number of carbonyl (C=O) groups excluding carboxylic acids is 2. The number of β-amino-alcohol motifs (C(OH)–C–C–N with tert-alkyl or cyclic N) is 1. The molecule has 0 spiro atoms. The van der Waals surface area contributed by atoms with Crippen LogP contribution in [0.3, 0.4) is 0 Å². The van der Waals surface area contributed by atoms with Crippen LogP contribution < -0.4 is 9.80 Å². The lowest BCUT2D eigenvalue weighted by molar-refractivity contribution is -0.170. The first-order chi connectivity index (χ1) is 18.8. The third kappa shape index (κ3) is 4.26. The number of hydrogen-bond acceptors (Lipinski definition) is 6. The molecule has 3 aromatic carbocycles. The number of aliphatic carboxylic acids is 1. The Hall–Kier alpha value is -3.14. The lowest BCUT2D eigenvalue weighted by atomic mass is 9.80. The number of carboxylic acids is 1. The van der Waals surface area contributed by atoms with E-state index in [0.717, 1.165) is 16.3 Å². The Kier molecular flexibility index (Phi) is 7.13. The number of aliphatic hydroxyl groups excluding tert-OH is 1. The summed E-state index contributed by atoms with van der Waals surface area (Å²) in [6, 6.07) is 18.6. The molecule has 5 rings (SSSR count). The normalized spacial score (nSPS) is 28.8. The lowest BCUT2D eigenvalue weighted by Crippen LogP contribution is -2.81. The number of aliphatic hydroxyl groups is 1. The van der Waals surface area contributed by atoms with Crippen LogP contribution in [0.2, 0.25) is 5.02 Å². The molecule has 0 bridgehead atoms. The number of nitrogens with one attached hydrogen (secondary N) is 1. The zero-order valence-electron chi connectivity index (χ0n) is 23.0. The van der Waals surface area contributed by atoms with Gasteiger partial charge in [0.05, 0.1) is 12.6 Å². The quantitative estimate of drug-likeness (QED) is 0.392. The van der Waals surface area contributed by atoms with Gasteiger partial charge < -0.3 is 14.9 Å². The molecule has 2 aliphatic heterocycles. The van der Waals surface area contributed by atoms with Crippen LogP contribution in [0.1, 0.15) is 44.9 Å². The van der Waals surface area contributed by atoms with Crippen molar-refractivity contribution < 1.29 is 29.3 Å². The minimum absolute atomic E-state index is 0.0158. The van der Waals surface area contributed by atoms with Gasteiger partial charge in [0, 0.05) is 28.6 Å². The number of carboxylic acid groups (broad SMARTS) is 1. The molecule has 1 amide bonds. The number of benzene rings is 3. The molecule has 9 heteroatoms. The Bertz CT molecular complexity index is 1510. The van der Waals surface area contributed by atoms with Crippen LogP contribution in [0.25, 0.3) is 10.8 Å². The lowest BCUT2D eigenvalue weighted by Gasteiger charge is -2.50. The number of rotatable bonds is 5. The number of hydrogen-bond donors (Lipinski definition) is 3. The Morgan fingerprint density at radius 3 is 2.48 bits per heavy atom. The number of carbonyl (C=O) groups is 3. The minimum Gasteiger partial charge on any atom is -0.475 e. The molecule has 3 unspecified atom stereocenters. The van der Waals surface area contributed by atoms with Crippen LogP contribution >= 0.6 is 11.6 Å². The highest BCUT2D eigenvalue weighted by Gasteiger charge is 2.73. The maximum Gasteiger partial charge on any atom is 0.384 e. The first-order valence-electron chi connectivity index (χ1n) is 13.3. The molecule has 1 saturated heterocycles. The molecular formula is C31H34ClN2O6+. The van der Waals surface area contributed by atoms with E-state index in [-0.39, 0.29) is 13.1 Å². The van der Waals surface area contributed by atoms with Gasteiger partial charge in [-0.2, -0.15) is 4.48 Å². The minimum atomic E-state index is -2.19. The van der Waals surface area contributed by atoms with Gasteiger partial charge in [-0.25, -0.2) is 9.59 Å². The fourth-order valence-corrected chi connectivity index (χ4v) is 6.96. The number of amides is 1. The molecule has 40 heavy (non-hydrogen) atoms. The second-order valence-corrected chi connectivity index (χ2v) is 12.4. The average Bonchev–Trinajstić information content (AvgIpc) is 3.20. The highest BCUT2D eigenvalue weighted by molar-refractivity contribution is 6.30. The van der Waals surface area contributed by atoms with Crippen molar-refractivity contribution in [1.82, 2.24) is 9.80 Å². The first kappa shape index (κ1) is 28.4. The number of nitrogens with zero attached hydrogens (tertiary/aromatic N) is 1. The summed E-state index contributed by atoms with van der Waals surface area (Å²) < 4.78 is 5.61. The number of fused-ring (bicyclic) bond motifs is 2. The van der Waals surface area contributed by atoms with Crippen LogP contribution in [-0.2, 0) is 19.1 Å². The largest absolute Gasteiger partial charge is 0.475 e. The number of quaternary nitrogens is 1. The van der Waals surface area contributed by atoms with Crippen molar-refractivity contribution in [2.24, 2.45) is 11.3 Å². The fraction of sp³-hybridized carbons (Fsp3) is 0.387. The molecule has 2 aliphatic rings. The molecule has 0 radical (unpaired) electrons. The van der Waals surface area contributed by atoms with Crippen molar-refractivity contribution in [2.45, 2.75) is 45.6 Å². The summed E-state index contributed by atoms with van der Waals surface area (Å²) >= 11 is 6.55. The van der Waals surface area contributed by atoms with Crippen LogP contribution in [0.5, 0.6) is 0 Å². The molecule has 0 saturated carbocycles. The summed E-state index contributed by atoms with van der Waals surface area (Å²) in [7, 11) is 0. The molecule has 2 heterocycles. The van der Waals surface area contributed by atoms with E-state index in [9.17, 15) is 24.6 Å². The molecule has 1 fully saturated rings. The van der Waals surface area contributed by atoms with E-state index in [1.165, 1.54) is 6.92 Å². The van der Waals surface area contributed by atoms with Gasteiger partial charge in [-0.15, -0.1) is 0 Å². The van der Waals surface area contributed by atoms with E-state index >= 15 is 0 Å². The van der Waals surface area contributed by atoms with Crippen molar-refractivity contribution in [3.63, 3.8) is 0 Å². The molecule has 8 nitrogen and oxygen atoms in total. The van der Waals surface area contributed by atoms with Gasteiger partial charge in [0.1, 0.15) is 23.5 Å². The Labute approximate surface area is 238 Å². The summed E-state index contributed by atoms with van der Waals surface area (Å²) in [5.41, 5.74) is -1.07. The molecule has 0 aromatic heterocycles. The van der Waals surface area contributed by atoms with Crippen LogP contribution in [0.4, 0.5) is 5.69 Å². The zero-order valence-corrected chi connectivity index (χ0v) is 23.7. The number of halogens is 1. The van der Waals surface area contributed by atoms with Gasteiger partial charge >= 0.3 is 11.9 Å². The van der Waals surface area contributed by atoms with E-state index in [2.05, 4.69) is 5.32 Å². The summed E-state index contributed by atoms with van der Waals surface area (Å²) in [4.78, 5) is 41.1. The molecule has 3 aromatic rings. The summed E-state index contributed by atoms with van der Waals surface area (Å²) in [6.45, 7) is 6.42. The summed E-state index contributed by atoms with van der Waals surface area (Å²) in [5, 5.41) is 27.2. The molecule has 5 atom stereocenters. The van der Waals surface area contributed by atoms with E-state index in [0.29, 0.717) is 16.3 Å². The van der Waals surface area contributed by atoms with Gasteiger partial charge in [-0.3, -0.25) is 10.1 Å². The van der Waals surface area contributed by atoms with Crippen molar-refractivity contribution in [3.8, 4) is 0 Å². The van der Waals surface area contributed by atoms with Crippen molar-refractivity contribution >= 4 is 45.7 Å². The van der Waals surface area contributed by atoms with Gasteiger partial charge in [-0.1, -0.05) is 74.8 Å². The standard InChI is InChI=1S/C31H33ClN2O6/c1-18(35)27-25(36)15-33-31(27,29(38)39)34(17-30(2,3)4)24-13-12-20(32)14-23(24)28(40-16-26(34)37)22-11-7-9-19-8-5-6-10-21(19)22/h5-14,25,27-28,33,36H,15-17H2,1-4H3/p+1/t25-,27?,28?,31-,34?/m0/s1. The molecule has 3 N–H and O–H groups in total. The average molecular weight is 566 g/mol. The second kappa shape index (κ2) is 10.0. The van der Waals surface area contributed by atoms with E-state index in [1.54, 1.807) is 18.2 Å². The maximum absolute atomic E-state index is 14.6. The Morgan fingerprint density at radius 1 is 1.10 bits per heavy atom.